The number of carbonyl (C=O) groups excluding carboxylic acids is 1. The van der Waals surface area contributed by atoms with Gasteiger partial charge in [-0.2, -0.15) is 0 Å². The third-order valence-corrected chi connectivity index (χ3v) is 2.80. The summed E-state index contributed by atoms with van der Waals surface area (Å²) in [4.78, 5) is 11.6. The predicted octanol–water partition coefficient (Wildman–Crippen LogP) is 3.19. The first kappa shape index (κ1) is 14.7. The molecule has 18 heavy (non-hydrogen) atoms. The largest absolute Gasteiger partial charge is 0.325 e. The monoisotopic (exact) mass is 248 g/mol. The van der Waals surface area contributed by atoms with Gasteiger partial charge in [-0.1, -0.05) is 50.8 Å². The summed E-state index contributed by atoms with van der Waals surface area (Å²) in [5, 5.41) is 6.02. The average Bonchev–Trinajstić information content (AvgIpc) is 2.39. The van der Waals surface area contributed by atoms with Crippen molar-refractivity contribution in [2.24, 2.45) is 0 Å². The van der Waals surface area contributed by atoms with Crippen molar-refractivity contribution in [1.29, 1.82) is 0 Å². The van der Waals surface area contributed by atoms with Crippen molar-refractivity contribution in [1.82, 2.24) is 5.32 Å². The highest BCUT2D eigenvalue weighted by atomic mass is 16.1. The number of hydrogen-bond acceptors (Lipinski definition) is 2. The fourth-order valence-electron chi connectivity index (χ4n) is 1.78. The summed E-state index contributed by atoms with van der Waals surface area (Å²) in [6, 6.07) is 9.54. The Labute approximate surface area is 110 Å². The molecule has 0 aromatic heterocycles. The van der Waals surface area contributed by atoms with E-state index in [4.69, 9.17) is 0 Å². The lowest BCUT2D eigenvalue weighted by molar-refractivity contribution is -0.115. The predicted molar refractivity (Wildman–Crippen MR) is 76.7 cm³/mol. The van der Waals surface area contributed by atoms with Gasteiger partial charge in [-0.25, -0.2) is 0 Å². The van der Waals surface area contributed by atoms with Gasteiger partial charge in [-0.3, -0.25) is 4.79 Å². The molecule has 0 heterocycles. The molecular weight excluding hydrogens is 224 g/mol. The molecule has 3 nitrogen and oxygen atoms in total. The second-order valence-electron chi connectivity index (χ2n) is 4.51. The van der Waals surface area contributed by atoms with E-state index < -0.39 is 0 Å². The summed E-state index contributed by atoms with van der Waals surface area (Å²) in [6.07, 6.45) is 6.29. The van der Waals surface area contributed by atoms with Crippen LogP contribution in [0.3, 0.4) is 0 Å². The standard InChI is InChI=1S/C15H24N2O/c1-2-3-4-5-9-12-16-13-15(18)17-14-10-7-6-8-11-14/h6-8,10-11,16H,2-5,9,12-13H2,1H3,(H,17,18). The summed E-state index contributed by atoms with van der Waals surface area (Å²) in [6.45, 7) is 3.53. The first-order valence-electron chi connectivity index (χ1n) is 6.88. The van der Waals surface area contributed by atoms with E-state index in [2.05, 4.69) is 17.6 Å². The molecule has 0 unspecified atom stereocenters. The number of para-hydroxylation sites is 1. The Kier molecular flexibility index (Phi) is 7.89. The molecule has 1 aromatic rings. The van der Waals surface area contributed by atoms with Crippen molar-refractivity contribution in [2.45, 2.75) is 39.0 Å². The van der Waals surface area contributed by atoms with Crippen LogP contribution in [-0.4, -0.2) is 19.0 Å². The fourth-order valence-corrected chi connectivity index (χ4v) is 1.78. The molecule has 1 amide bonds. The Morgan fingerprint density at radius 3 is 2.50 bits per heavy atom. The van der Waals surface area contributed by atoms with Crippen LogP contribution in [0.25, 0.3) is 0 Å². The normalized spacial score (nSPS) is 10.3. The third kappa shape index (κ3) is 7.07. The van der Waals surface area contributed by atoms with E-state index in [1.165, 1.54) is 25.7 Å². The van der Waals surface area contributed by atoms with Crippen LogP contribution >= 0.6 is 0 Å². The summed E-state index contributed by atoms with van der Waals surface area (Å²) in [5.41, 5.74) is 0.854. The van der Waals surface area contributed by atoms with E-state index in [0.29, 0.717) is 6.54 Å². The number of hydrogen-bond donors (Lipinski definition) is 2. The molecule has 0 aliphatic carbocycles. The molecule has 0 bridgehead atoms. The SMILES string of the molecule is CCCCCCCNCC(=O)Nc1ccccc1. The van der Waals surface area contributed by atoms with Crippen LogP contribution in [0.1, 0.15) is 39.0 Å². The van der Waals surface area contributed by atoms with Crippen molar-refractivity contribution in [3.8, 4) is 0 Å². The lowest BCUT2D eigenvalue weighted by Gasteiger charge is -2.06. The fraction of sp³-hybridized carbons (Fsp3) is 0.533. The van der Waals surface area contributed by atoms with Gasteiger partial charge in [0.15, 0.2) is 0 Å². The molecule has 0 saturated carbocycles. The first-order chi connectivity index (χ1) is 8.83. The quantitative estimate of drug-likeness (QED) is 0.659. The number of carbonyl (C=O) groups is 1. The molecule has 0 saturated heterocycles. The molecule has 0 spiro atoms. The van der Waals surface area contributed by atoms with Crippen LogP contribution in [0.4, 0.5) is 5.69 Å². The van der Waals surface area contributed by atoms with Crippen LogP contribution < -0.4 is 10.6 Å². The lowest BCUT2D eigenvalue weighted by Crippen LogP contribution is -2.28. The Morgan fingerprint density at radius 1 is 1.06 bits per heavy atom. The second-order valence-corrected chi connectivity index (χ2v) is 4.51. The molecule has 1 aromatic carbocycles. The Bertz CT molecular complexity index is 325. The summed E-state index contributed by atoms with van der Waals surface area (Å²) >= 11 is 0. The highest BCUT2D eigenvalue weighted by Crippen LogP contribution is 2.04. The number of amides is 1. The first-order valence-corrected chi connectivity index (χ1v) is 6.88. The van der Waals surface area contributed by atoms with E-state index in [-0.39, 0.29) is 5.91 Å². The van der Waals surface area contributed by atoms with Gasteiger partial charge < -0.3 is 10.6 Å². The van der Waals surface area contributed by atoms with Crippen molar-refractivity contribution in [2.75, 3.05) is 18.4 Å². The van der Waals surface area contributed by atoms with Gasteiger partial charge in [0, 0.05) is 5.69 Å². The number of nitrogens with one attached hydrogen (secondary N) is 2. The Hall–Kier alpha value is -1.35. The smallest absolute Gasteiger partial charge is 0.238 e. The molecule has 0 atom stereocenters. The van der Waals surface area contributed by atoms with Crippen LogP contribution in [0.2, 0.25) is 0 Å². The van der Waals surface area contributed by atoms with Crippen molar-refractivity contribution in [3.05, 3.63) is 30.3 Å². The average molecular weight is 248 g/mol. The highest BCUT2D eigenvalue weighted by molar-refractivity contribution is 5.92. The zero-order valence-electron chi connectivity index (χ0n) is 11.2. The van der Waals surface area contributed by atoms with Gasteiger partial charge in [0.25, 0.3) is 0 Å². The molecule has 2 N–H and O–H groups in total. The zero-order chi connectivity index (χ0) is 13.1. The van der Waals surface area contributed by atoms with Crippen molar-refractivity contribution < 1.29 is 4.79 Å². The molecule has 0 aliphatic rings. The van der Waals surface area contributed by atoms with Gasteiger partial charge in [0.05, 0.1) is 6.54 Å². The molecule has 0 aliphatic heterocycles. The van der Waals surface area contributed by atoms with Gasteiger partial charge in [0.1, 0.15) is 0 Å². The summed E-state index contributed by atoms with van der Waals surface area (Å²) in [7, 11) is 0. The second kappa shape index (κ2) is 9.66. The third-order valence-electron chi connectivity index (χ3n) is 2.80. The van der Waals surface area contributed by atoms with Gasteiger partial charge in [-0.15, -0.1) is 0 Å². The molecule has 0 radical (unpaired) electrons. The number of benzene rings is 1. The number of rotatable bonds is 9. The minimum Gasteiger partial charge on any atom is -0.325 e. The van der Waals surface area contributed by atoms with E-state index in [1.807, 2.05) is 30.3 Å². The maximum atomic E-state index is 11.6. The molecular formula is C15H24N2O. The van der Waals surface area contributed by atoms with Crippen LogP contribution in [0.5, 0.6) is 0 Å². The molecule has 3 heteroatoms. The Balaban J connectivity index is 2.00. The maximum absolute atomic E-state index is 11.6. The van der Waals surface area contributed by atoms with E-state index >= 15 is 0 Å². The van der Waals surface area contributed by atoms with E-state index in [9.17, 15) is 4.79 Å². The molecule has 100 valence electrons. The molecule has 0 fully saturated rings. The van der Waals surface area contributed by atoms with E-state index in [1.54, 1.807) is 0 Å². The van der Waals surface area contributed by atoms with Gasteiger partial charge in [-0.05, 0) is 25.1 Å². The van der Waals surface area contributed by atoms with Crippen LogP contribution in [0, 0.1) is 0 Å². The lowest BCUT2D eigenvalue weighted by atomic mass is 10.1. The van der Waals surface area contributed by atoms with Crippen LogP contribution in [0.15, 0.2) is 30.3 Å². The minimum absolute atomic E-state index is 0.0229. The van der Waals surface area contributed by atoms with Gasteiger partial charge >= 0.3 is 0 Å². The molecule has 1 rings (SSSR count). The minimum atomic E-state index is 0.0229. The topological polar surface area (TPSA) is 41.1 Å². The Morgan fingerprint density at radius 2 is 1.78 bits per heavy atom. The van der Waals surface area contributed by atoms with Gasteiger partial charge in [0.2, 0.25) is 5.91 Å². The summed E-state index contributed by atoms with van der Waals surface area (Å²) in [5.74, 6) is 0.0229. The zero-order valence-corrected chi connectivity index (χ0v) is 11.2. The maximum Gasteiger partial charge on any atom is 0.238 e. The number of unbranched alkanes of at least 4 members (excludes halogenated alkanes) is 4. The van der Waals surface area contributed by atoms with Crippen molar-refractivity contribution in [3.63, 3.8) is 0 Å². The number of anilines is 1. The summed E-state index contributed by atoms with van der Waals surface area (Å²) < 4.78 is 0. The highest BCUT2D eigenvalue weighted by Gasteiger charge is 2.00. The van der Waals surface area contributed by atoms with E-state index in [0.717, 1.165) is 18.7 Å². The van der Waals surface area contributed by atoms with Crippen molar-refractivity contribution >= 4 is 11.6 Å². The van der Waals surface area contributed by atoms with Crippen LogP contribution in [-0.2, 0) is 4.79 Å².